The summed E-state index contributed by atoms with van der Waals surface area (Å²) in [4.78, 5) is 10.6. The highest BCUT2D eigenvalue weighted by Gasteiger charge is 2.14. The van der Waals surface area contributed by atoms with Crippen molar-refractivity contribution in [1.29, 1.82) is 0 Å². The molecule has 2 heterocycles. The molecule has 2 aromatic rings. The van der Waals surface area contributed by atoms with Crippen LogP contribution in [0, 0.1) is 12.8 Å². The highest BCUT2D eigenvalue weighted by atomic mass is 32.1. The molecule has 4 heteroatoms. The standard InChI is InChI=1S/C16H23N3S/c1-5-17-10-15-13(8-11(2)3)19-16(20-15)14-9-12(4)6-7-18-14/h6-7,9,11,17H,5,8,10H2,1-4H3. The number of pyridine rings is 1. The van der Waals surface area contributed by atoms with Crippen molar-refractivity contribution in [1.82, 2.24) is 15.3 Å². The third-order valence-electron chi connectivity index (χ3n) is 3.05. The molecule has 0 fully saturated rings. The van der Waals surface area contributed by atoms with Crippen molar-refractivity contribution in [3.63, 3.8) is 0 Å². The minimum Gasteiger partial charge on any atom is -0.312 e. The lowest BCUT2D eigenvalue weighted by Gasteiger charge is -2.04. The zero-order chi connectivity index (χ0) is 14.5. The zero-order valence-corrected chi connectivity index (χ0v) is 13.5. The van der Waals surface area contributed by atoms with E-state index in [4.69, 9.17) is 4.98 Å². The fraction of sp³-hybridized carbons (Fsp3) is 0.500. The predicted octanol–water partition coefficient (Wildman–Crippen LogP) is 3.82. The van der Waals surface area contributed by atoms with Crippen molar-refractivity contribution >= 4 is 11.3 Å². The normalized spacial score (nSPS) is 11.2. The molecule has 0 aliphatic heterocycles. The smallest absolute Gasteiger partial charge is 0.142 e. The molecule has 0 saturated carbocycles. The minimum atomic E-state index is 0.621. The SMILES string of the molecule is CCNCc1sc(-c2cc(C)ccn2)nc1CC(C)C. The Morgan fingerprint density at radius 1 is 1.35 bits per heavy atom. The van der Waals surface area contributed by atoms with E-state index in [1.165, 1.54) is 16.1 Å². The van der Waals surface area contributed by atoms with Crippen LogP contribution in [-0.2, 0) is 13.0 Å². The van der Waals surface area contributed by atoms with Crippen LogP contribution in [-0.4, -0.2) is 16.5 Å². The quantitative estimate of drug-likeness (QED) is 0.878. The molecule has 2 aromatic heterocycles. The Morgan fingerprint density at radius 3 is 2.80 bits per heavy atom. The van der Waals surface area contributed by atoms with E-state index in [0.29, 0.717) is 5.92 Å². The van der Waals surface area contributed by atoms with E-state index < -0.39 is 0 Å². The van der Waals surface area contributed by atoms with Gasteiger partial charge in [0.05, 0.1) is 11.4 Å². The summed E-state index contributed by atoms with van der Waals surface area (Å²) in [5.41, 5.74) is 3.44. The van der Waals surface area contributed by atoms with Gasteiger partial charge < -0.3 is 5.32 Å². The Labute approximate surface area is 125 Å². The fourth-order valence-corrected chi connectivity index (χ4v) is 3.10. The van der Waals surface area contributed by atoms with Crippen LogP contribution in [0.15, 0.2) is 18.3 Å². The van der Waals surface area contributed by atoms with Gasteiger partial charge in [-0.3, -0.25) is 4.98 Å². The molecule has 0 amide bonds. The van der Waals surface area contributed by atoms with E-state index in [-0.39, 0.29) is 0 Å². The Hall–Kier alpha value is -1.26. The third kappa shape index (κ3) is 3.87. The number of hydrogen-bond acceptors (Lipinski definition) is 4. The highest BCUT2D eigenvalue weighted by molar-refractivity contribution is 7.15. The number of aryl methyl sites for hydroxylation is 1. The van der Waals surface area contributed by atoms with E-state index in [1.807, 2.05) is 12.3 Å². The number of rotatable bonds is 6. The lowest BCUT2D eigenvalue weighted by atomic mass is 10.1. The summed E-state index contributed by atoms with van der Waals surface area (Å²) >= 11 is 1.77. The van der Waals surface area contributed by atoms with Gasteiger partial charge in [-0.05, 0) is 43.5 Å². The van der Waals surface area contributed by atoms with E-state index in [9.17, 15) is 0 Å². The summed E-state index contributed by atoms with van der Waals surface area (Å²) in [6, 6.07) is 4.13. The van der Waals surface area contributed by atoms with Crippen molar-refractivity contribution in [2.75, 3.05) is 6.54 Å². The van der Waals surface area contributed by atoms with Crippen LogP contribution in [0.3, 0.4) is 0 Å². The lowest BCUT2D eigenvalue weighted by Crippen LogP contribution is -2.12. The Balaban J connectivity index is 2.32. The van der Waals surface area contributed by atoms with Gasteiger partial charge in [0.25, 0.3) is 0 Å². The maximum atomic E-state index is 4.83. The van der Waals surface area contributed by atoms with Crippen molar-refractivity contribution in [3.05, 3.63) is 34.5 Å². The molecule has 0 bridgehead atoms. The Morgan fingerprint density at radius 2 is 2.15 bits per heavy atom. The molecule has 0 atom stereocenters. The van der Waals surface area contributed by atoms with Crippen LogP contribution in [0.2, 0.25) is 0 Å². The van der Waals surface area contributed by atoms with Gasteiger partial charge in [-0.15, -0.1) is 11.3 Å². The van der Waals surface area contributed by atoms with Crippen molar-refractivity contribution in [2.45, 2.75) is 40.7 Å². The summed E-state index contributed by atoms with van der Waals surface area (Å²) in [6.07, 6.45) is 2.89. The zero-order valence-electron chi connectivity index (χ0n) is 12.7. The summed E-state index contributed by atoms with van der Waals surface area (Å²) < 4.78 is 0. The first-order chi connectivity index (χ1) is 9.60. The molecule has 2 rings (SSSR count). The summed E-state index contributed by atoms with van der Waals surface area (Å²) in [5, 5.41) is 4.44. The molecule has 0 saturated heterocycles. The molecule has 0 unspecified atom stereocenters. The second-order valence-corrected chi connectivity index (χ2v) is 6.57. The van der Waals surface area contributed by atoms with Crippen molar-refractivity contribution in [2.24, 2.45) is 5.92 Å². The monoisotopic (exact) mass is 289 g/mol. The van der Waals surface area contributed by atoms with Gasteiger partial charge in [0.15, 0.2) is 0 Å². The number of nitrogens with one attached hydrogen (secondary N) is 1. The molecular formula is C16H23N3S. The Bertz CT molecular complexity index is 561. The van der Waals surface area contributed by atoms with E-state index in [2.05, 4.69) is 44.1 Å². The van der Waals surface area contributed by atoms with E-state index >= 15 is 0 Å². The molecule has 0 radical (unpaired) electrons. The first-order valence-corrected chi connectivity index (χ1v) is 8.04. The number of nitrogens with zero attached hydrogens (tertiary/aromatic N) is 2. The molecule has 0 aromatic carbocycles. The lowest BCUT2D eigenvalue weighted by molar-refractivity contribution is 0.627. The molecular weight excluding hydrogens is 266 g/mol. The maximum absolute atomic E-state index is 4.83. The number of hydrogen-bond donors (Lipinski definition) is 1. The van der Waals surface area contributed by atoms with Crippen molar-refractivity contribution in [3.8, 4) is 10.7 Å². The first kappa shape index (κ1) is 15.1. The molecule has 0 spiro atoms. The van der Waals surface area contributed by atoms with Gasteiger partial charge in [0.1, 0.15) is 5.01 Å². The molecule has 108 valence electrons. The molecule has 20 heavy (non-hydrogen) atoms. The molecule has 0 aliphatic carbocycles. The highest BCUT2D eigenvalue weighted by Crippen LogP contribution is 2.28. The van der Waals surface area contributed by atoms with E-state index in [0.717, 1.165) is 30.2 Å². The van der Waals surface area contributed by atoms with Crippen LogP contribution in [0.4, 0.5) is 0 Å². The van der Waals surface area contributed by atoms with Gasteiger partial charge in [-0.25, -0.2) is 4.98 Å². The van der Waals surface area contributed by atoms with Gasteiger partial charge >= 0.3 is 0 Å². The van der Waals surface area contributed by atoms with Crippen LogP contribution in [0.5, 0.6) is 0 Å². The second-order valence-electron chi connectivity index (χ2n) is 5.49. The number of aromatic nitrogens is 2. The van der Waals surface area contributed by atoms with Crippen LogP contribution in [0.25, 0.3) is 10.7 Å². The number of thiazole rings is 1. The average molecular weight is 289 g/mol. The minimum absolute atomic E-state index is 0.621. The predicted molar refractivity (Wildman–Crippen MR) is 86.0 cm³/mol. The Kier molecular flexibility index (Phi) is 5.26. The van der Waals surface area contributed by atoms with Gasteiger partial charge in [-0.2, -0.15) is 0 Å². The summed E-state index contributed by atoms with van der Waals surface area (Å²) in [7, 11) is 0. The molecule has 0 aliphatic rings. The van der Waals surface area contributed by atoms with Crippen LogP contribution < -0.4 is 5.32 Å². The summed E-state index contributed by atoms with van der Waals surface area (Å²) in [5.74, 6) is 0.621. The first-order valence-electron chi connectivity index (χ1n) is 7.22. The van der Waals surface area contributed by atoms with Crippen LogP contribution >= 0.6 is 11.3 Å². The average Bonchev–Trinajstić information content (AvgIpc) is 2.78. The summed E-state index contributed by atoms with van der Waals surface area (Å²) in [6.45, 7) is 10.6. The third-order valence-corrected chi connectivity index (χ3v) is 4.17. The molecule has 3 nitrogen and oxygen atoms in total. The topological polar surface area (TPSA) is 37.8 Å². The van der Waals surface area contributed by atoms with Gasteiger partial charge in [0.2, 0.25) is 0 Å². The van der Waals surface area contributed by atoms with E-state index in [1.54, 1.807) is 11.3 Å². The van der Waals surface area contributed by atoms with Gasteiger partial charge in [0, 0.05) is 17.6 Å². The fourth-order valence-electron chi connectivity index (χ4n) is 2.07. The largest absolute Gasteiger partial charge is 0.312 e. The van der Waals surface area contributed by atoms with Crippen LogP contribution in [0.1, 0.15) is 36.9 Å². The maximum Gasteiger partial charge on any atom is 0.142 e. The second kappa shape index (κ2) is 6.95. The van der Waals surface area contributed by atoms with Gasteiger partial charge in [-0.1, -0.05) is 20.8 Å². The molecule has 1 N–H and O–H groups in total. The van der Waals surface area contributed by atoms with Crippen molar-refractivity contribution < 1.29 is 0 Å².